The van der Waals surface area contributed by atoms with Crippen molar-refractivity contribution in [3.63, 3.8) is 0 Å². The van der Waals surface area contributed by atoms with Crippen molar-refractivity contribution in [2.24, 2.45) is 0 Å². The number of imidazole rings is 1. The molecule has 0 aliphatic carbocycles. The molecule has 0 atom stereocenters. The number of nitriles is 1. The Morgan fingerprint density at radius 2 is 2.50 bits per heavy atom. The predicted molar refractivity (Wildman–Crippen MR) is 49.8 cm³/mol. The first-order valence-electron chi connectivity index (χ1n) is 4.22. The quantitative estimate of drug-likeness (QED) is 0.769. The second-order valence-corrected chi connectivity index (χ2v) is 2.64. The molecule has 2 heterocycles. The van der Waals surface area contributed by atoms with Gasteiger partial charge >= 0.3 is 0 Å². The van der Waals surface area contributed by atoms with Gasteiger partial charge in [-0.1, -0.05) is 0 Å². The van der Waals surface area contributed by atoms with Crippen molar-refractivity contribution in [2.75, 3.05) is 6.61 Å². The lowest BCUT2D eigenvalue weighted by molar-refractivity contribution is 0.343. The van der Waals surface area contributed by atoms with Crippen LogP contribution in [0.25, 0.3) is 11.2 Å². The van der Waals surface area contributed by atoms with Gasteiger partial charge in [0.15, 0.2) is 5.65 Å². The largest absolute Gasteiger partial charge is 0.491 e. The topological polar surface area (TPSA) is 74.6 Å². The summed E-state index contributed by atoms with van der Waals surface area (Å²) in [6.45, 7) is 2.47. The molecule has 0 saturated heterocycles. The Kier molecular flexibility index (Phi) is 2.03. The number of nitrogens with one attached hydrogen (secondary N) is 1. The van der Waals surface area contributed by atoms with E-state index in [1.807, 2.05) is 13.0 Å². The normalized spacial score (nSPS) is 10.0. The van der Waals surface area contributed by atoms with Crippen LogP contribution in [0.3, 0.4) is 0 Å². The van der Waals surface area contributed by atoms with E-state index in [1.54, 1.807) is 12.3 Å². The zero-order chi connectivity index (χ0) is 9.97. The van der Waals surface area contributed by atoms with Crippen LogP contribution in [0.15, 0.2) is 12.3 Å². The Bertz CT molecular complexity index is 497. The highest BCUT2D eigenvalue weighted by Gasteiger charge is 2.07. The molecular weight excluding hydrogens is 180 g/mol. The van der Waals surface area contributed by atoms with Crippen molar-refractivity contribution >= 4 is 11.2 Å². The molecule has 70 valence electrons. The third kappa shape index (κ3) is 1.27. The first-order chi connectivity index (χ1) is 6.85. The van der Waals surface area contributed by atoms with Gasteiger partial charge in [0.25, 0.3) is 0 Å². The zero-order valence-corrected chi connectivity index (χ0v) is 7.61. The van der Waals surface area contributed by atoms with Crippen molar-refractivity contribution < 1.29 is 4.74 Å². The van der Waals surface area contributed by atoms with E-state index in [1.165, 1.54) is 0 Å². The van der Waals surface area contributed by atoms with E-state index in [9.17, 15) is 0 Å². The van der Waals surface area contributed by atoms with Gasteiger partial charge < -0.3 is 9.72 Å². The summed E-state index contributed by atoms with van der Waals surface area (Å²) in [7, 11) is 0. The van der Waals surface area contributed by atoms with Gasteiger partial charge in [0, 0.05) is 12.3 Å². The van der Waals surface area contributed by atoms with Crippen LogP contribution >= 0.6 is 0 Å². The van der Waals surface area contributed by atoms with Crippen LogP contribution in [0.1, 0.15) is 12.7 Å². The minimum atomic E-state index is 0.250. The molecule has 0 aromatic carbocycles. The Morgan fingerprint density at radius 1 is 1.64 bits per heavy atom. The lowest BCUT2D eigenvalue weighted by Crippen LogP contribution is -1.92. The summed E-state index contributed by atoms with van der Waals surface area (Å²) in [5.74, 6) is 0.922. The van der Waals surface area contributed by atoms with Gasteiger partial charge in [-0.25, -0.2) is 4.98 Å². The number of aromatic nitrogens is 3. The molecule has 5 heteroatoms. The van der Waals surface area contributed by atoms with Crippen LogP contribution in [-0.4, -0.2) is 21.6 Å². The molecule has 0 amide bonds. The van der Waals surface area contributed by atoms with Crippen molar-refractivity contribution in [1.82, 2.24) is 15.0 Å². The second-order valence-electron chi connectivity index (χ2n) is 2.64. The van der Waals surface area contributed by atoms with E-state index in [0.29, 0.717) is 23.5 Å². The number of rotatable bonds is 2. The Hall–Kier alpha value is -2.09. The summed E-state index contributed by atoms with van der Waals surface area (Å²) in [6, 6.07) is 3.66. The number of H-pyrrole nitrogens is 1. The first kappa shape index (κ1) is 8.51. The fourth-order valence-corrected chi connectivity index (χ4v) is 1.22. The fraction of sp³-hybridized carbons (Fsp3) is 0.222. The molecule has 0 aliphatic heterocycles. The highest BCUT2D eigenvalue weighted by Crippen LogP contribution is 2.21. The molecule has 0 aliphatic rings. The monoisotopic (exact) mass is 188 g/mol. The molecule has 14 heavy (non-hydrogen) atoms. The third-order valence-electron chi connectivity index (χ3n) is 1.76. The summed E-state index contributed by atoms with van der Waals surface area (Å²) in [5.41, 5.74) is 1.18. The SMILES string of the molecule is CCOc1ccnc2nc(C#N)[nH]c12. The standard InChI is InChI=1S/C9H8N4O/c1-2-14-6-3-4-11-9-8(6)12-7(5-10)13-9/h3-4H,2H2,1H3,(H,11,12,13). The summed E-state index contributed by atoms with van der Waals surface area (Å²) < 4.78 is 5.36. The van der Waals surface area contributed by atoms with Crippen molar-refractivity contribution in [1.29, 1.82) is 5.26 Å². The van der Waals surface area contributed by atoms with Gasteiger partial charge in [0.2, 0.25) is 5.82 Å². The molecule has 0 radical (unpaired) electrons. The van der Waals surface area contributed by atoms with Gasteiger partial charge in [-0.2, -0.15) is 10.2 Å². The molecule has 1 N–H and O–H groups in total. The average Bonchev–Trinajstić information content (AvgIpc) is 2.62. The zero-order valence-electron chi connectivity index (χ0n) is 7.61. The summed E-state index contributed by atoms with van der Waals surface area (Å²) in [5, 5.41) is 8.65. The van der Waals surface area contributed by atoms with Crippen molar-refractivity contribution in [3.05, 3.63) is 18.1 Å². The molecule has 0 spiro atoms. The highest BCUT2D eigenvalue weighted by molar-refractivity contribution is 5.78. The fourth-order valence-electron chi connectivity index (χ4n) is 1.22. The molecule has 0 fully saturated rings. The van der Waals surface area contributed by atoms with Crippen molar-refractivity contribution in [3.8, 4) is 11.8 Å². The number of hydrogen-bond donors (Lipinski definition) is 1. The summed E-state index contributed by atoms with van der Waals surface area (Å²) >= 11 is 0. The van der Waals surface area contributed by atoms with Crippen LogP contribution in [0, 0.1) is 11.3 Å². The smallest absolute Gasteiger partial charge is 0.212 e. The van der Waals surface area contributed by atoms with Gasteiger partial charge in [0.1, 0.15) is 17.3 Å². The minimum Gasteiger partial charge on any atom is -0.491 e. The summed E-state index contributed by atoms with van der Waals surface area (Å²) in [4.78, 5) is 10.8. The van der Waals surface area contributed by atoms with Crippen LogP contribution < -0.4 is 4.74 Å². The highest BCUT2D eigenvalue weighted by atomic mass is 16.5. The van der Waals surface area contributed by atoms with E-state index in [4.69, 9.17) is 10.00 Å². The van der Waals surface area contributed by atoms with Crippen LogP contribution in [-0.2, 0) is 0 Å². The number of fused-ring (bicyclic) bond motifs is 1. The number of hydrogen-bond acceptors (Lipinski definition) is 4. The number of pyridine rings is 1. The van der Waals surface area contributed by atoms with E-state index >= 15 is 0 Å². The Labute approximate surface area is 80.4 Å². The molecule has 2 rings (SSSR count). The van der Waals surface area contributed by atoms with Crippen LogP contribution in [0.5, 0.6) is 5.75 Å². The van der Waals surface area contributed by atoms with E-state index in [-0.39, 0.29) is 5.82 Å². The Balaban J connectivity index is 2.62. The van der Waals surface area contributed by atoms with Gasteiger partial charge in [-0.05, 0) is 6.92 Å². The number of aromatic amines is 1. The lowest BCUT2D eigenvalue weighted by atomic mass is 10.4. The first-order valence-corrected chi connectivity index (χ1v) is 4.22. The maximum atomic E-state index is 8.65. The average molecular weight is 188 g/mol. The molecular formula is C9H8N4O. The molecule has 0 bridgehead atoms. The summed E-state index contributed by atoms with van der Waals surface area (Å²) in [6.07, 6.45) is 1.61. The molecule has 5 nitrogen and oxygen atoms in total. The van der Waals surface area contributed by atoms with E-state index in [2.05, 4.69) is 15.0 Å². The Morgan fingerprint density at radius 3 is 3.21 bits per heavy atom. The maximum absolute atomic E-state index is 8.65. The predicted octanol–water partition coefficient (Wildman–Crippen LogP) is 1.23. The van der Waals surface area contributed by atoms with Crippen molar-refractivity contribution in [2.45, 2.75) is 6.92 Å². The minimum absolute atomic E-state index is 0.250. The molecule has 0 saturated carbocycles. The molecule has 0 unspecified atom stereocenters. The number of nitrogens with zero attached hydrogens (tertiary/aromatic N) is 3. The maximum Gasteiger partial charge on any atom is 0.212 e. The lowest BCUT2D eigenvalue weighted by Gasteiger charge is -2.01. The van der Waals surface area contributed by atoms with E-state index < -0.39 is 0 Å². The molecule has 2 aromatic heterocycles. The van der Waals surface area contributed by atoms with Gasteiger partial charge in [-0.15, -0.1) is 0 Å². The number of ether oxygens (including phenoxy) is 1. The molecule has 2 aromatic rings. The second kappa shape index (κ2) is 3.34. The van der Waals surface area contributed by atoms with Gasteiger partial charge in [0.05, 0.1) is 6.61 Å². The van der Waals surface area contributed by atoms with Crippen LogP contribution in [0.4, 0.5) is 0 Å². The van der Waals surface area contributed by atoms with Gasteiger partial charge in [-0.3, -0.25) is 0 Å². The van der Waals surface area contributed by atoms with E-state index in [0.717, 1.165) is 0 Å². The third-order valence-corrected chi connectivity index (χ3v) is 1.76. The van der Waals surface area contributed by atoms with Crippen LogP contribution in [0.2, 0.25) is 0 Å².